The molecule has 0 saturated carbocycles. The molecule has 0 aliphatic heterocycles. The Labute approximate surface area is 116 Å². The number of hydrogen-bond acceptors (Lipinski definition) is 4. The molecule has 0 bridgehead atoms. The van der Waals surface area contributed by atoms with Gasteiger partial charge >= 0.3 is 0 Å². The molecule has 2 aromatic rings. The number of nitrogens with one attached hydrogen (secondary N) is 1. The lowest BCUT2D eigenvalue weighted by atomic mass is 10.2. The third kappa shape index (κ3) is 3.15. The summed E-state index contributed by atoms with van der Waals surface area (Å²) in [5.41, 5.74) is 1.67. The van der Waals surface area contributed by atoms with E-state index in [9.17, 15) is 8.42 Å². The van der Waals surface area contributed by atoms with Crippen LogP contribution in [0.5, 0.6) is 0 Å². The predicted molar refractivity (Wildman–Crippen MR) is 76.9 cm³/mol. The van der Waals surface area contributed by atoms with Gasteiger partial charge in [-0.15, -0.1) is 11.3 Å². The van der Waals surface area contributed by atoms with Crippen LogP contribution in [0, 0.1) is 0 Å². The summed E-state index contributed by atoms with van der Waals surface area (Å²) in [6.07, 6.45) is 0.909. The van der Waals surface area contributed by atoms with Crippen LogP contribution in [0.2, 0.25) is 0 Å². The number of hydrogen-bond donors (Lipinski definition) is 2. The van der Waals surface area contributed by atoms with Gasteiger partial charge in [0, 0.05) is 5.69 Å². The van der Waals surface area contributed by atoms with E-state index in [-0.39, 0.29) is 11.5 Å². The maximum absolute atomic E-state index is 12.2. The summed E-state index contributed by atoms with van der Waals surface area (Å²) in [6, 6.07) is 8.75. The van der Waals surface area contributed by atoms with E-state index in [0.717, 1.165) is 12.0 Å². The van der Waals surface area contributed by atoms with E-state index in [0.29, 0.717) is 10.6 Å². The van der Waals surface area contributed by atoms with E-state index < -0.39 is 10.0 Å². The average molecular weight is 297 g/mol. The van der Waals surface area contributed by atoms with Crippen LogP contribution in [0.4, 0.5) is 5.69 Å². The molecule has 1 aromatic carbocycles. The fourth-order valence-corrected chi connectivity index (χ4v) is 4.06. The Morgan fingerprint density at radius 2 is 1.89 bits per heavy atom. The molecule has 0 aliphatic carbocycles. The number of anilines is 1. The van der Waals surface area contributed by atoms with Gasteiger partial charge in [0.25, 0.3) is 10.0 Å². The SMILES string of the molecule is CCc1ccc(NS(=O)(=O)c2ccsc2CO)cc1. The van der Waals surface area contributed by atoms with Crippen LogP contribution >= 0.6 is 11.3 Å². The third-order valence-electron chi connectivity index (χ3n) is 2.75. The highest BCUT2D eigenvalue weighted by Crippen LogP contribution is 2.24. The second-order valence-electron chi connectivity index (χ2n) is 4.02. The lowest BCUT2D eigenvalue weighted by Gasteiger charge is -2.08. The minimum Gasteiger partial charge on any atom is -0.391 e. The Morgan fingerprint density at radius 3 is 2.47 bits per heavy atom. The van der Waals surface area contributed by atoms with E-state index >= 15 is 0 Å². The van der Waals surface area contributed by atoms with Crippen molar-refractivity contribution in [2.45, 2.75) is 24.8 Å². The molecule has 1 heterocycles. The maximum Gasteiger partial charge on any atom is 0.263 e. The first-order valence-electron chi connectivity index (χ1n) is 5.86. The van der Waals surface area contributed by atoms with Gasteiger partial charge < -0.3 is 5.11 Å². The second-order valence-corrected chi connectivity index (χ2v) is 6.67. The van der Waals surface area contributed by atoms with Gasteiger partial charge in [0.2, 0.25) is 0 Å². The molecule has 2 rings (SSSR count). The summed E-state index contributed by atoms with van der Waals surface area (Å²) in [4.78, 5) is 0.581. The lowest BCUT2D eigenvalue weighted by molar-refractivity contribution is 0.282. The van der Waals surface area contributed by atoms with Gasteiger partial charge in [-0.25, -0.2) is 8.42 Å². The molecule has 0 fully saturated rings. The summed E-state index contributed by atoms with van der Waals surface area (Å²) < 4.78 is 26.9. The molecule has 19 heavy (non-hydrogen) atoms. The van der Waals surface area contributed by atoms with Crippen LogP contribution in [0.15, 0.2) is 40.6 Å². The summed E-state index contributed by atoms with van der Waals surface area (Å²) in [5.74, 6) is 0. The normalized spacial score (nSPS) is 11.5. The van der Waals surface area contributed by atoms with Crippen LogP contribution in [-0.2, 0) is 23.1 Å². The van der Waals surface area contributed by atoms with Crippen LogP contribution in [0.25, 0.3) is 0 Å². The molecule has 0 radical (unpaired) electrons. The number of aliphatic hydroxyl groups is 1. The van der Waals surface area contributed by atoms with Crippen molar-refractivity contribution in [3.63, 3.8) is 0 Å². The summed E-state index contributed by atoms with van der Waals surface area (Å²) in [7, 11) is -3.63. The maximum atomic E-state index is 12.2. The van der Waals surface area contributed by atoms with Crippen molar-refractivity contribution in [1.29, 1.82) is 0 Å². The molecule has 0 amide bonds. The number of benzene rings is 1. The van der Waals surface area contributed by atoms with Gasteiger partial charge in [-0.3, -0.25) is 4.72 Å². The fourth-order valence-electron chi connectivity index (χ4n) is 1.70. The highest BCUT2D eigenvalue weighted by Gasteiger charge is 2.19. The number of aliphatic hydroxyl groups excluding tert-OH is 1. The molecule has 1 aromatic heterocycles. The standard InChI is InChI=1S/C13H15NO3S2/c1-2-10-3-5-11(6-4-10)14-19(16,17)13-7-8-18-12(13)9-15/h3-8,14-15H,2,9H2,1H3. The van der Waals surface area contributed by atoms with Gasteiger partial charge in [0.15, 0.2) is 0 Å². The molecule has 2 N–H and O–H groups in total. The monoisotopic (exact) mass is 297 g/mol. The lowest BCUT2D eigenvalue weighted by Crippen LogP contribution is -2.13. The Hall–Kier alpha value is -1.37. The summed E-state index contributed by atoms with van der Waals surface area (Å²) >= 11 is 1.22. The Morgan fingerprint density at radius 1 is 1.21 bits per heavy atom. The third-order valence-corrected chi connectivity index (χ3v) is 5.25. The predicted octanol–water partition coefficient (Wildman–Crippen LogP) is 2.60. The number of rotatable bonds is 5. The van der Waals surface area contributed by atoms with Crippen LogP contribution in [0.3, 0.4) is 0 Å². The molecule has 102 valence electrons. The molecule has 6 heteroatoms. The van der Waals surface area contributed by atoms with Crippen molar-refractivity contribution >= 4 is 27.0 Å². The number of aryl methyl sites for hydroxylation is 1. The van der Waals surface area contributed by atoms with Gasteiger partial charge in [0.05, 0.1) is 11.5 Å². The smallest absolute Gasteiger partial charge is 0.263 e. The largest absolute Gasteiger partial charge is 0.391 e. The molecular formula is C13H15NO3S2. The highest BCUT2D eigenvalue weighted by molar-refractivity contribution is 7.93. The van der Waals surface area contributed by atoms with Crippen molar-refractivity contribution in [2.75, 3.05) is 4.72 Å². The summed E-state index contributed by atoms with van der Waals surface area (Å²) in [6.45, 7) is 1.76. The topological polar surface area (TPSA) is 66.4 Å². The minimum atomic E-state index is -3.63. The van der Waals surface area contributed by atoms with E-state index in [2.05, 4.69) is 4.72 Å². The molecule has 0 saturated heterocycles. The first-order chi connectivity index (χ1) is 9.06. The number of sulfonamides is 1. The minimum absolute atomic E-state index is 0.138. The zero-order valence-corrected chi connectivity index (χ0v) is 12.1. The fraction of sp³-hybridized carbons (Fsp3) is 0.231. The molecule has 0 atom stereocenters. The summed E-state index contributed by atoms with van der Waals surface area (Å²) in [5, 5.41) is 10.8. The Bertz CT molecular complexity index is 645. The Kier molecular flexibility index (Phi) is 4.24. The first-order valence-corrected chi connectivity index (χ1v) is 8.22. The van der Waals surface area contributed by atoms with Gasteiger partial charge in [-0.2, -0.15) is 0 Å². The molecule has 0 spiro atoms. The highest BCUT2D eigenvalue weighted by atomic mass is 32.2. The molecular weight excluding hydrogens is 282 g/mol. The van der Waals surface area contributed by atoms with Crippen molar-refractivity contribution < 1.29 is 13.5 Å². The van der Waals surface area contributed by atoms with Gasteiger partial charge in [-0.05, 0) is 35.6 Å². The van der Waals surface area contributed by atoms with Crippen molar-refractivity contribution in [3.8, 4) is 0 Å². The first kappa shape index (κ1) is 14.0. The quantitative estimate of drug-likeness (QED) is 0.891. The number of thiophene rings is 1. The van der Waals surface area contributed by atoms with Gasteiger partial charge in [-0.1, -0.05) is 19.1 Å². The van der Waals surface area contributed by atoms with E-state index in [1.165, 1.54) is 17.4 Å². The zero-order valence-electron chi connectivity index (χ0n) is 10.5. The van der Waals surface area contributed by atoms with Crippen LogP contribution in [-0.4, -0.2) is 13.5 Å². The average Bonchev–Trinajstić information content (AvgIpc) is 2.88. The van der Waals surface area contributed by atoms with Crippen molar-refractivity contribution in [2.24, 2.45) is 0 Å². The van der Waals surface area contributed by atoms with Gasteiger partial charge in [0.1, 0.15) is 4.90 Å². The van der Waals surface area contributed by atoms with E-state index in [1.807, 2.05) is 19.1 Å². The Balaban J connectivity index is 2.26. The van der Waals surface area contributed by atoms with Crippen LogP contribution < -0.4 is 4.72 Å². The molecule has 0 aliphatic rings. The van der Waals surface area contributed by atoms with Crippen molar-refractivity contribution in [3.05, 3.63) is 46.2 Å². The molecule has 0 unspecified atom stereocenters. The van der Waals surface area contributed by atoms with E-state index in [1.54, 1.807) is 17.5 Å². The van der Waals surface area contributed by atoms with Crippen LogP contribution in [0.1, 0.15) is 17.4 Å². The van der Waals surface area contributed by atoms with E-state index in [4.69, 9.17) is 5.11 Å². The second kappa shape index (κ2) is 5.73. The zero-order chi connectivity index (χ0) is 13.9. The van der Waals surface area contributed by atoms with Crippen molar-refractivity contribution in [1.82, 2.24) is 0 Å². The molecule has 4 nitrogen and oxygen atoms in total.